The molecule has 2 aromatic rings. The number of nitrogens with zero attached hydrogens (tertiary/aromatic N) is 3. The molecule has 0 aliphatic carbocycles. The highest BCUT2D eigenvalue weighted by atomic mass is 79.9. The average Bonchev–Trinajstić information content (AvgIpc) is 2.69. The lowest BCUT2D eigenvalue weighted by Crippen LogP contribution is -1.97. The van der Waals surface area contributed by atoms with Crippen LogP contribution in [-0.4, -0.2) is 21.1 Å². The van der Waals surface area contributed by atoms with Gasteiger partial charge in [-0.25, -0.2) is 0 Å². The summed E-state index contributed by atoms with van der Waals surface area (Å²) >= 11 is 8.57. The highest BCUT2D eigenvalue weighted by molar-refractivity contribution is 9.10. The van der Waals surface area contributed by atoms with Crippen molar-refractivity contribution in [1.82, 2.24) is 14.9 Å². The number of halogens is 1. The second-order valence-corrected chi connectivity index (χ2v) is 4.62. The first-order valence-electron chi connectivity index (χ1n) is 5.17. The molecular weight excluding hydrogens is 300 g/mol. The van der Waals surface area contributed by atoms with E-state index >= 15 is 0 Å². The number of aryl methyl sites for hydroxylation is 1. The van der Waals surface area contributed by atoms with Crippen LogP contribution in [0.3, 0.4) is 0 Å². The Hall–Kier alpha value is -1.27. The van der Waals surface area contributed by atoms with Crippen molar-refractivity contribution in [1.29, 1.82) is 0 Å². The Bertz CT molecular complexity index is 600. The van der Waals surface area contributed by atoms with Crippen LogP contribution in [0, 0.1) is 4.77 Å². The lowest BCUT2D eigenvalue weighted by molar-refractivity contribution is 0.780. The standard InChI is InChI=1S/C11H11BrN4S/c1-2-10-14-15-11(17)16(10)13-7-8-5-3-4-6-9(8)12/h3-7H,2H2,1H3,(H,15,17)/b13-7-. The second kappa shape index (κ2) is 5.37. The minimum absolute atomic E-state index is 0.505. The molecule has 0 saturated carbocycles. The molecule has 1 N–H and O–H groups in total. The predicted octanol–water partition coefficient (Wildman–Crippen LogP) is 3.15. The number of aromatic amines is 1. The van der Waals surface area contributed by atoms with Crippen LogP contribution in [-0.2, 0) is 6.42 Å². The Kier molecular flexibility index (Phi) is 3.86. The minimum atomic E-state index is 0.505. The Morgan fingerprint density at radius 2 is 2.29 bits per heavy atom. The van der Waals surface area contributed by atoms with E-state index < -0.39 is 0 Å². The normalized spacial score (nSPS) is 11.2. The molecule has 0 atom stereocenters. The zero-order valence-corrected chi connectivity index (χ0v) is 11.6. The van der Waals surface area contributed by atoms with E-state index in [0.717, 1.165) is 22.3 Å². The summed E-state index contributed by atoms with van der Waals surface area (Å²) in [4.78, 5) is 0. The third kappa shape index (κ3) is 2.70. The molecule has 17 heavy (non-hydrogen) atoms. The number of hydrogen-bond donors (Lipinski definition) is 1. The fraction of sp³-hybridized carbons (Fsp3) is 0.182. The molecule has 1 heterocycles. The molecular formula is C11H11BrN4S. The van der Waals surface area contributed by atoms with Crippen LogP contribution in [0.15, 0.2) is 33.8 Å². The summed E-state index contributed by atoms with van der Waals surface area (Å²) in [6.45, 7) is 2.01. The Morgan fingerprint density at radius 3 is 3.00 bits per heavy atom. The predicted molar refractivity (Wildman–Crippen MR) is 73.9 cm³/mol. The van der Waals surface area contributed by atoms with Crippen molar-refractivity contribution in [2.75, 3.05) is 0 Å². The van der Waals surface area contributed by atoms with E-state index in [0.29, 0.717) is 4.77 Å². The van der Waals surface area contributed by atoms with E-state index in [2.05, 4.69) is 31.2 Å². The van der Waals surface area contributed by atoms with Crippen molar-refractivity contribution in [3.8, 4) is 0 Å². The zero-order chi connectivity index (χ0) is 12.3. The first-order valence-corrected chi connectivity index (χ1v) is 6.37. The summed E-state index contributed by atoms with van der Waals surface area (Å²) in [5.74, 6) is 0.818. The van der Waals surface area contributed by atoms with Crippen molar-refractivity contribution in [3.63, 3.8) is 0 Å². The van der Waals surface area contributed by atoms with E-state index in [9.17, 15) is 0 Å². The van der Waals surface area contributed by atoms with Gasteiger partial charge in [-0.1, -0.05) is 41.1 Å². The van der Waals surface area contributed by atoms with Crippen molar-refractivity contribution in [2.24, 2.45) is 5.10 Å². The molecule has 0 saturated heterocycles. The van der Waals surface area contributed by atoms with E-state index in [1.54, 1.807) is 10.9 Å². The lowest BCUT2D eigenvalue weighted by Gasteiger charge is -1.98. The van der Waals surface area contributed by atoms with Crippen molar-refractivity contribution >= 4 is 34.4 Å². The Morgan fingerprint density at radius 1 is 1.53 bits per heavy atom. The van der Waals surface area contributed by atoms with Gasteiger partial charge in [-0.2, -0.15) is 14.9 Å². The van der Waals surface area contributed by atoms with Gasteiger partial charge >= 0.3 is 0 Å². The van der Waals surface area contributed by atoms with Crippen LogP contribution in [0.5, 0.6) is 0 Å². The van der Waals surface area contributed by atoms with Gasteiger partial charge in [0, 0.05) is 16.5 Å². The van der Waals surface area contributed by atoms with Gasteiger partial charge in [-0.3, -0.25) is 5.10 Å². The molecule has 0 unspecified atom stereocenters. The fourth-order valence-corrected chi connectivity index (χ4v) is 1.96. The van der Waals surface area contributed by atoms with Gasteiger partial charge in [0.2, 0.25) is 4.77 Å². The molecule has 88 valence electrons. The summed E-state index contributed by atoms with van der Waals surface area (Å²) < 4.78 is 3.14. The summed E-state index contributed by atoms with van der Waals surface area (Å²) in [5, 5.41) is 11.1. The van der Waals surface area contributed by atoms with E-state index in [1.807, 2.05) is 31.2 Å². The number of hydrogen-bond acceptors (Lipinski definition) is 3. The van der Waals surface area contributed by atoms with Gasteiger partial charge < -0.3 is 0 Å². The van der Waals surface area contributed by atoms with Crippen LogP contribution in [0.2, 0.25) is 0 Å². The number of nitrogens with one attached hydrogen (secondary N) is 1. The largest absolute Gasteiger partial charge is 0.250 e. The molecule has 2 rings (SSSR count). The van der Waals surface area contributed by atoms with Gasteiger partial charge in [0.15, 0.2) is 5.82 Å². The SMILES string of the molecule is CCc1n[nH]c(=S)n1/N=C\c1ccccc1Br. The fourth-order valence-electron chi connectivity index (χ4n) is 1.37. The van der Waals surface area contributed by atoms with Crippen molar-refractivity contribution in [2.45, 2.75) is 13.3 Å². The molecule has 0 aliphatic rings. The highest BCUT2D eigenvalue weighted by Gasteiger charge is 2.01. The Balaban J connectivity index is 2.35. The first kappa shape index (κ1) is 12.2. The van der Waals surface area contributed by atoms with Crippen LogP contribution in [0.1, 0.15) is 18.3 Å². The lowest BCUT2D eigenvalue weighted by atomic mass is 10.2. The highest BCUT2D eigenvalue weighted by Crippen LogP contribution is 2.13. The molecule has 1 aromatic heterocycles. The number of rotatable bonds is 3. The maximum absolute atomic E-state index is 5.11. The maximum atomic E-state index is 5.11. The third-order valence-corrected chi connectivity index (χ3v) is 3.24. The van der Waals surface area contributed by atoms with E-state index in [1.165, 1.54) is 0 Å². The third-order valence-electron chi connectivity index (χ3n) is 2.25. The summed E-state index contributed by atoms with van der Waals surface area (Å²) in [6.07, 6.45) is 2.54. The monoisotopic (exact) mass is 310 g/mol. The molecule has 0 fully saturated rings. The second-order valence-electron chi connectivity index (χ2n) is 3.38. The first-order chi connectivity index (χ1) is 8.22. The van der Waals surface area contributed by atoms with Crippen LogP contribution >= 0.6 is 28.1 Å². The topological polar surface area (TPSA) is 46.0 Å². The number of benzene rings is 1. The molecule has 0 aliphatic heterocycles. The average molecular weight is 311 g/mol. The number of aromatic nitrogens is 3. The van der Waals surface area contributed by atoms with Crippen molar-refractivity contribution in [3.05, 3.63) is 44.9 Å². The maximum Gasteiger partial charge on any atom is 0.216 e. The van der Waals surface area contributed by atoms with Gasteiger partial charge in [0.1, 0.15) is 0 Å². The van der Waals surface area contributed by atoms with Gasteiger partial charge in [0.05, 0.1) is 6.21 Å². The summed E-state index contributed by atoms with van der Waals surface area (Å²) in [6, 6.07) is 7.86. The van der Waals surface area contributed by atoms with Gasteiger partial charge in [-0.15, -0.1) is 0 Å². The van der Waals surface area contributed by atoms with Gasteiger partial charge in [0.25, 0.3) is 0 Å². The quantitative estimate of drug-likeness (QED) is 0.699. The molecule has 6 heteroatoms. The molecule has 0 spiro atoms. The van der Waals surface area contributed by atoms with Gasteiger partial charge in [-0.05, 0) is 18.3 Å². The van der Waals surface area contributed by atoms with E-state index in [-0.39, 0.29) is 0 Å². The van der Waals surface area contributed by atoms with Crippen LogP contribution in [0.4, 0.5) is 0 Å². The van der Waals surface area contributed by atoms with Crippen molar-refractivity contribution < 1.29 is 0 Å². The number of H-pyrrole nitrogens is 1. The smallest absolute Gasteiger partial charge is 0.216 e. The van der Waals surface area contributed by atoms with E-state index in [4.69, 9.17) is 12.2 Å². The summed E-state index contributed by atoms with van der Waals surface area (Å²) in [5.41, 5.74) is 0.998. The molecule has 0 radical (unpaired) electrons. The minimum Gasteiger partial charge on any atom is -0.250 e. The summed E-state index contributed by atoms with van der Waals surface area (Å²) in [7, 11) is 0. The molecule has 0 amide bonds. The zero-order valence-electron chi connectivity index (χ0n) is 9.22. The van der Waals surface area contributed by atoms with Crippen LogP contribution in [0.25, 0.3) is 0 Å². The molecule has 1 aromatic carbocycles. The molecule has 4 nitrogen and oxygen atoms in total. The Labute approximate surface area is 113 Å². The van der Waals surface area contributed by atoms with Crippen LogP contribution < -0.4 is 0 Å². The molecule has 0 bridgehead atoms.